The first-order valence-corrected chi connectivity index (χ1v) is 6.58. The van der Waals surface area contributed by atoms with Crippen LogP contribution in [0.25, 0.3) is 0 Å². The molecule has 1 saturated heterocycles. The Labute approximate surface area is 113 Å². The van der Waals surface area contributed by atoms with E-state index >= 15 is 0 Å². The summed E-state index contributed by atoms with van der Waals surface area (Å²) in [6.07, 6.45) is 1.78. The number of hydrogen-bond donors (Lipinski definition) is 1. The molecule has 2 rings (SSSR count). The fourth-order valence-corrected chi connectivity index (χ4v) is 2.10. The van der Waals surface area contributed by atoms with Crippen molar-refractivity contribution in [1.29, 1.82) is 0 Å². The molecule has 0 bridgehead atoms. The number of carbonyl (C=O) groups excluding carboxylic acids is 1. The van der Waals surface area contributed by atoms with Crippen molar-refractivity contribution in [3.05, 3.63) is 18.1 Å². The van der Waals surface area contributed by atoms with Gasteiger partial charge in [-0.25, -0.2) is 9.97 Å². The smallest absolute Gasteiger partial charge is 0.248 e. The highest BCUT2D eigenvalue weighted by Crippen LogP contribution is 2.16. The van der Waals surface area contributed by atoms with Gasteiger partial charge in [0.15, 0.2) is 0 Å². The van der Waals surface area contributed by atoms with Crippen LogP contribution in [0.5, 0.6) is 0 Å². The highest BCUT2D eigenvalue weighted by Gasteiger charge is 2.21. The minimum atomic E-state index is -0.412. The van der Waals surface area contributed by atoms with E-state index in [1.54, 1.807) is 11.1 Å². The van der Waals surface area contributed by atoms with Gasteiger partial charge in [0.2, 0.25) is 5.91 Å². The van der Waals surface area contributed by atoms with E-state index in [0.717, 1.165) is 24.7 Å². The van der Waals surface area contributed by atoms with Gasteiger partial charge in [-0.3, -0.25) is 4.79 Å². The topological polar surface area (TPSA) is 69.6 Å². The van der Waals surface area contributed by atoms with E-state index in [4.69, 9.17) is 5.11 Å². The Balaban J connectivity index is 2.01. The number of aromatic nitrogens is 2. The van der Waals surface area contributed by atoms with Crippen LogP contribution in [0.4, 0.5) is 5.82 Å². The van der Waals surface area contributed by atoms with Crippen molar-refractivity contribution in [3.8, 4) is 0 Å². The number of piperazine rings is 1. The van der Waals surface area contributed by atoms with Gasteiger partial charge in [-0.05, 0) is 6.07 Å². The number of rotatable bonds is 3. The highest BCUT2D eigenvalue weighted by atomic mass is 16.3. The van der Waals surface area contributed by atoms with Crippen molar-refractivity contribution in [2.24, 2.45) is 0 Å². The summed E-state index contributed by atoms with van der Waals surface area (Å²) in [6, 6.07) is 1.90. The fourth-order valence-electron chi connectivity index (χ4n) is 2.10. The van der Waals surface area contributed by atoms with E-state index in [0.29, 0.717) is 19.0 Å². The normalized spacial score (nSPS) is 16.0. The second-order valence-corrected chi connectivity index (χ2v) is 4.95. The molecule has 104 valence electrons. The average molecular weight is 264 g/mol. The number of anilines is 1. The van der Waals surface area contributed by atoms with Crippen molar-refractivity contribution < 1.29 is 9.90 Å². The molecule has 0 saturated carbocycles. The van der Waals surface area contributed by atoms with Crippen LogP contribution < -0.4 is 4.90 Å². The zero-order chi connectivity index (χ0) is 13.8. The molecular weight excluding hydrogens is 244 g/mol. The van der Waals surface area contributed by atoms with E-state index in [1.165, 1.54) is 0 Å². The predicted octanol–water partition coefficient (Wildman–Crippen LogP) is 0.241. The summed E-state index contributed by atoms with van der Waals surface area (Å²) in [7, 11) is 0. The second kappa shape index (κ2) is 5.97. The maximum absolute atomic E-state index is 11.4. The first kappa shape index (κ1) is 13.7. The molecule has 1 fully saturated rings. The zero-order valence-electron chi connectivity index (χ0n) is 11.4. The van der Waals surface area contributed by atoms with Crippen molar-refractivity contribution >= 4 is 11.7 Å². The number of aliphatic hydroxyl groups excluding tert-OH is 1. The molecule has 6 heteroatoms. The fraction of sp³-hybridized carbons (Fsp3) is 0.615. The van der Waals surface area contributed by atoms with E-state index in [2.05, 4.69) is 28.7 Å². The molecule has 0 aliphatic carbocycles. The summed E-state index contributed by atoms with van der Waals surface area (Å²) in [4.78, 5) is 24.0. The van der Waals surface area contributed by atoms with Gasteiger partial charge in [0.05, 0.1) is 0 Å². The van der Waals surface area contributed by atoms with Crippen LogP contribution in [-0.4, -0.2) is 58.7 Å². The lowest BCUT2D eigenvalue weighted by Crippen LogP contribution is -2.49. The van der Waals surface area contributed by atoms with Gasteiger partial charge >= 0.3 is 0 Å². The summed E-state index contributed by atoms with van der Waals surface area (Å²) < 4.78 is 0. The van der Waals surface area contributed by atoms with Crippen LogP contribution in [0, 0.1) is 0 Å². The largest absolute Gasteiger partial charge is 0.387 e. The van der Waals surface area contributed by atoms with E-state index in [9.17, 15) is 4.79 Å². The Kier molecular flexibility index (Phi) is 4.31. The maximum Gasteiger partial charge on any atom is 0.248 e. The molecule has 0 aromatic carbocycles. The number of hydrogen-bond acceptors (Lipinski definition) is 5. The van der Waals surface area contributed by atoms with E-state index < -0.39 is 6.61 Å². The average Bonchev–Trinajstić information content (AvgIpc) is 2.46. The summed E-state index contributed by atoms with van der Waals surface area (Å²) in [6.45, 7) is 6.44. The molecule has 1 aliphatic rings. The van der Waals surface area contributed by atoms with Crippen molar-refractivity contribution in [1.82, 2.24) is 14.9 Å². The maximum atomic E-state index is 11.4. The predicted molar refractivity (Wildman–Crippen MR) is 72.0 cm³/mol. The second-order valence-electron chi connectivity index (χ2n) is 4.95. The van der Waals surface area contributed by atoms with Crippen LogP contribution >= 0.6 is 0 Å². The third kappa shape index (κ3) is 3.20. The molecule has 6 nitrogen and oxygen atoms in total. The van der Waals surface area contributed by atoms with Gasteiger partial charge in [-0.1, -0.05) is 13.8 Å². The van der Waals surface area contributed by atoms with E-state index in [-0.39, 0.29) is 5.91 Å². The van der Waals surface area contributed by atoms with Gasteiger partial charge < -0.3 is 14.9 Å². The Morgan fingerprint density at radius 1 is 1.37 bits per heavy atom. The van der Waals surface area contributed by atoms with Crippen LogP contribution in [-0.2, 0) is 4.79 Å². The molecule has 1 N–H and O–H groups in total. The minimum absolute atomic E-state index is 0.204. The minimum Gasteiger partial charge on any atom is -0.387 e. The monoisotopic (exact) mass is 264 g/mol. The molecule has 1 aromatic heterocycles. The molecule has 1 aromatic rings. The summed E-state index contributed by atoms with van der Waals surface area (Å²) >= 11 is 0. The molecule has 0 spiro atoms. The third-order valence-corrected chi connectivity index (χ3v) is 3.27. The number of aliphatic hydroxyl groups is 1. The lowest BCUT2D eigenvalue weighted by molar-refractivity contribution is -0.134. The molecule has 1 aliphatic heterocycles. The first-order valence-electron chi connectivity index (χ1n) is 6.58. The molecule has 2 heterocycles. The van der Waals surface area contributed by atoms with Crippen molar-refractivity contribution in [3.63, 3.8) is 0 Å². The summed E-state index contributed by atoms with van der Waals surface area (Å²) in [5, 5.41) is 8.84. The van der Waals surface area contributed by atoms with Crippen LogP contribution in [0.15, 0.2) is 12.3 Å². The standard InChI is InChI=1S/C13H20N4O2/c1-10(2)13-14-4-3-11(15-13)16-5-7-17(8-6-16)12(19)9-18/h3-4,10,18H,5-9H2,1-2H3. The lowest BCUT2D eigenvalue weighted by atomic mass is 10.2. The van der Waals surface area contributed by atoms with Crippen molar-refractivity contribution in [2.75, 3.05) is 37.7 Å². The van der Waals surface area contributed by atoms with Crippen LogP contribution in [0.2, 0.25) is 0 Å². The molecule has 1 amide bonds. The Morgan fingerprint density at radius 2 is 2.05 bits per heavy atom. The SMILES string of the molecule is CC(C)c1nccc(N2CCN(C(=O)CO)CC2)n1. The first-order chi connectivity index (χ1) is 9.11. The quantitative estimate of drug-likeness (QED) is 0.847. The van der Waals surface area contributed by atoms with Gasteiger partial charge in [-0.2, -0.15) is 0 Å². The van der Waals surface area contributed by atoms with Gasteiger partial charge in [0.25, 0.3) is 0 Å². The summed E-state index contributed by atoms with van der Waals surface area (Å²) in [5.41, 5.74) is 0. The van der Waals surface area contributed by atoms with Gasteiger partial charge in [0.1, 0.15) is 18.2 Å². The molecular formula is C13H20N4O2. The van der Waals surface area contributed by atoms with Gasteiger partial charge in [-0.15, -0.1) is 0 Å². The van der Waals surface area contributed by atoms with Crippen LogP contribution in [0.3, 0.4) is 0 Å². The molecule has 0 radical (unpaired) electrons. The van der Waals surface area contributed by atoms with Gasteiger partial charge in [0, 0.05) is 38.3 Å². The molecule has 19 heavy (non-hydrogen) atoms. The Hall–Kier alpha value is -1.69. The molecule has 0 atom stereocenters. The molecule has 0 unspecified atom stereocenters. The Bertz CT molecular complexity index is 442. The lowest BCUT2D eigenvalue weighted by Gasteiger charge is -2.35. The Morgan fingerprint density at radius 3 is 2.63 bits per heavy atom. The number of amides is 1. The third-order valence-electron chi connectivity index (χ3n) is 3.27. The van der Waals surface area contributed by atoms with E-state index in [1.807, 2.05) is 6.07 Å². The zero-order valence-corrected chi connectivity index (χ0v) is 11.4. The number of carbonyl (C=O) groups is 1. The summed E-state index contributed by atoms with van der Waals surface area (Å²) in [5.74, 6) is 1.85. The highest BCUT2D eigenvalue weighted by molar-refractivity contribution is 5.77. The van der Waals surface area contributed by atoms with Crippen molar-refractivity contribution in [2.45, 2.75) is 19.8 Å². The van der Waals surface area contributed by atoms with Crippen LogP contribution in [0.1, 0.15) is 25.6 Å². The number of nitrogens with zero attached hydrogens (tertiary/aromatic N) is 4.